The molecule has 0 unspecified atom stereocenters. The van der Waals surface area contributed by atoms with Crippen LogP contribution in [0.3, 0.4) is 0 Å². The molecule has 1 rings (SSSR count). The van der Waals surface area contributed by atoms with Crippen molar-refractivity contribution >= 4 is 30.7 Å². The number of carbonyl (C=O) groups excluding carboxylic acids is 1. The molecule has 5 nitrogen and oxygen atoms in total. The molecule has 0 spiro atoms. The zero-order valence-corrected chi connectivity index (χ0v) is 15.7. The van der Waals surface area contributed by atoms with E-state index in [0.29, 0.717) is 19.7 Å². The summed E-state index contributed by atoms with van der Waals surface area (Å²) >= 11 is 0. The highest BCUT2D eigenvalue weighted by atomic mass is 35.5. The lowest BCUT2D eigenvalue weighted by Gasteiger charge is -2.38. The molecule has 0 aliphatic carbocycles. The van der Waals surface area contributed by atoms with Crippen molar-refractivity contribution in [3.63, 3.8) is 0 Å². The minimum absolute atomic E-state index is 0. The Balaban J connectivity index is 0. The van der Waals surface area contributed by atoms with Gasteiger partial charge in [-0.05, 0) is 38.8 Å². The van der Waals surface area contributed by atoms with Crippen molar-refractivity contribution in [1.82, 2.24) is 10.6 Å². The van der Waals surface area contributed by atoms with E-state index in [-0.39, 0.29) is 36.1 Å². The fourth-order valence-electron chi connectivity index (χ4n) is 3.04. The van der Waals surface area contributed by atoms with Crippen LogP contribution in [0.15, 0.2) is 0 Å². The van der Waals surface area contributed by atoms with Crippen LogP contribution in [0.5, 0.6) is 0 Å². The summed E-state index contributed by atoms with van der Waals surface area (Å²) in [6.45, 7) is 7.83. The van der Waals surface area contributed by atoms with E-state index in [1.807, 2.05) is 13.8 Å². The number of amides is 1. The minimum atomic E-state index is -0.415. The number of nitrogens with one attached hydrogen (secondary N) is 2. The Labute approximate surface area is 147 Å². The maximum absolute atomic E-state index is 12.5. The number of nitrogens with two attached hydrogens (primary N) is 1. The van der Waals surface area contributed by atoms with Gasteiger partial charge in [0.2, 0.25) is 5.91 Å². The third-order valence-corrected chi connectivity index (χ3v) is 4.96. The van der Waals surface area contributed by atoms with E-state index in [9.17, 15) is 4.79 Å². The first kappa shape index (κ1) is 24.2. The van der Waals surface area contributed by atoms with Gasteiger partial charge < -0.3 is 21.1 Å². The van der Waals surface area contributed by atoms with Crippen molar-refractivity contribution in [2.24, 2.45) is 16.6 Å². The van der Waals surface area contributed by atoms with Gasteiger partial charge in [-0.3, -0.25) is 4.79 Å². The number of hydrogen-bond acceptors (Lipinski definition) is 4. The van der Waals surface area contributed by atoms with E-state index in [2.05, 4.69) is 10.6 Å². The molecule has 1 fully saturated rings. The van der Waals surface area contributed by atoms with E-state index < -0.39 is 5.41 Å². The third kappa shape index (κ3) is 5.85. The van der Waals surface area contributed by atoms with Gasteiger partial charge in [0.1, 0.15) is 0 Å². The molecular formula is C15H33Cl2N3O2. The molecule has 1 saturated heterocycles. The summed E-state index contributed by atoms with van der Waals surface area (Å²) in [4.78, 5) is 12.5. The molecular weight excluding hydrogens is 325 g/mol. The molecule has 7 heteroatoms. The Hall–Kier alpha value is -0.0700. The molecule has 22 heavy (non-hydrogen) atoms. The summed E-state index contributed by atoms with van der Waals surface area (Å²) in [7, 11) is 1.73. The predicted molar refractivity (Wildman–Crippen MR) is 96.0 cm³/mol. The Morgan fingerprint density at radius 2 is 1.82 bits per heavy atom. The van der Waals surface area contributed by atoms with Gasteiger partial charge in [0, 0.05) is 25.6 Å². The molecule has 1 aliphatic heterocycles. The second-order valence-electron chi connectivity index (χ2n) is 6.06. The zero-order valence-electron chi connectivity index (χ0n) is 14.1. The summed E-state index contributed by atoms with van der Waals surface area (Å²) in [5.41, 5.74) is 5.49. The fraction of sp³-hybridized carbons (Fsp3) is 0.933. The molecule has 0 aromatic heterocycles. The van der Waals surface area contributed by atoms with Gasteiger partial charge in [0.25, 0.3) is 0 Å². The highest BCUT2D eigenvalue weighted by Gasteiger charge is 2.37. The molecule has 0 atom stereocenters. The first-order valence-electron chi connectivity index (χ1n) is 7.76. The molecule has 0 aromatic rings. The first-order valence-corrected chi connectivity index (χ1v) is 7.76. The number of hydrogen-bond donors (Lipinski definition) is 3. The molecule has 1 heterocycles. The average molecular weight is 358 g/mol. The topological polar surface area (TPSA) is 76.4 Å². The number of piperidine rings is 1. The van der Waals surface area contributed by atoms with Crippen molar-refractivity contribution in [3.05, 3.63) is 0 Å². The average Bonchev–Trinajstić information content (AvgIpc) is 2.49. The monoisotopic (exact) mass is 357 g/mol. The molecule has 4 N–H and O–H groups in total. The van der Waals surface area contributed by atoms with Gasteiger partial charge in [0.15, 0.2) is 0 Å². The van der Waals surface area contributed by atoms with Crippen molar-refractivity contribution in [2.45, 2.75) is 39.5 Å². The summed E-state index contributed by atoms with van der Waals surface area (Å²) in [6, 6.07) is 0. The Morgan fingerprint density at radius 1 is 1.27 bits per heavy atom. The highest BCUT2D eigenvalue weighted by molar-refractivity contribution is 5.85. The minimum Gasteiger partial charge on any atom is -0.384 e. The maximum atomic E-state index is 12.5. The number of methoxy groups -OCH3 is 1. The van der Waals surface area contributed by atoms with Crippen LogP contribution in [0.4, 0.5) is 0 Å². The van der Waals surface area contributed by atoms with Crippen molar-refractivity contribution in [3.8, 4) is 0 Å². The maximum Gasteiger partial charge on any atom is 0.227 e. The number of rotatable bonds is 8. The van der Waals surface area contributed by atoms with Gasteiger partial charge in [0.05, 0.1) is 12.0 Å². The van der Waals surface area contributed by atoms with Crippen LogP contribution in [0.2, 0.25) is 0 Å². The van der Waals surface area contributed by atoms with E-state index in [0.717, 1.165) is 38.8 Å². The van der Waals surface area contributed by atoms with E-state index in [4.69, 9.17) is 10.5 Å². The quantitative estimate of drug-likeness (QED) is 0.618. The molecule has 1 aliphatic rings. The lowest BCUT2D eigenvalue weighted by atomic mass is 9.78. The molecule has 0 saturated carbocycles. The summed E-state index contributed by atoms with van der Waals surface area (Å²) in [5, 5.41) is 6.51. The number of carbonyl (C=O) groups is 1. The van der Waals surface area contributed by atoms with Crippen LogP contribution in [-0.4, -0.2) is 45.8 Å². The van der Waals surface area contributed by atoms with Crippen LogP contribution in [-0.2, 0) is 9.53 Å². The lowest BCUT2D eigenvalue weighted by Crippen LogP contribution is -2.51. The van der Waals surface area contributed by atoms with Crippen molar-refractivity contribution in [1.29, 1.82) is 0 Å². The van der Waals surface area contributed by atoms with E-state index in [1.165, 1.54) is 0 Å². The summed E-state index contributed by atoms with van der Waals surface area (Å²) in [6.07, 6.45) is 3.64. The largest absolute Gasteiger partial charge is 0.384 e. The summed E-state index contributed by atoms with van der Waals surface area (Å²) in [5.74, 6) is 0.0963. The van der Waals surface area contributed by atoms with Crippen LogP contribution < -0.4 is 16.4 Å². The third-order valence-electron chi connectivity index (χ3n) is 4.96. The molecule has 0 aromatic carbocycles. The second-order valence-corrected chi connectivity index (χ2v) is 6.06. The predicted octanol–water partition coefficient (Wildman–Crippen LogP) is 1.73. The lowest BCUT2D eigenvalue weighted by molar-refractivity contribution is -0.132. The second kappa shape index (κ2) is 11.5. The van der Waals surface area contributed by atoms with Crippen LogP contribution in [0.1, 0.15) is 39.5 Å². The fourth-order valence-corrected chi connectivity index (χ4v) is 3.04. The van der Waals surface area contributed by atoms with Gasteiger partial charge in [-0.1, -0.05) is 13.8 Å². The van der Waals surface area contributed by atoms with Crippen LogP contribution in [0.25, 0.3) is 0 Å². The molecule has 0 bridgehead atoms. The van der Waals surface area contributed by atoms with Crippen molar-refractivity contribution < 1.29 is 9.53 Å². The van der Waals surface area contributed by atoms with E-state index in [1.54, 1.807) is 7.11 Å². The van der Waals surface area contributed by atoms with Gasteiger partial charge in [-0.15, -0.1) is 24.8 Å². The van der Waals surface area contributed by atoms with Crippen molar-refractivity contribution in [2.75, 3.05) is 39.9 Å². The van der Waals surface area contributed by atoms with Gasteiger partial charge in [-0.2, -0.15) is 0 Å². The van der Waals surface area contributed by atoms with Gasteiger partial charge >= 0.3 is 0 Å². The number of halogens is 2. The summed E-state index contributed by atoms with van der Waals surface area (Å²) < 4.78 is 5.38. The van der Waals surface area contributed by atoms with Crippen LogP contribution in [0, 0.1) is 10.8 Å². The Bertz CT molecular complexity index is 293. The molecule has 1 amide bonds. The SMILES string of the molecule is CCC(CC)(CN)C(=O)NCC1(COC)CCNCC1.Cl.Cl. The smallest absolute Gasteiger partial charge is 0.227 e. The normalized spacial score (nSPS) is 17.1. The van der Waals surface area contributed by atoms with Crippen LogP contribution >= 0.6 is 24.8 Å². The zero-order chi connectivity index (χ0) is 15.1. The Morgan fingerprint density at radius 3 is 2.23 bits per heavy atom. The Kier molecular flexibility index (Phi) is 12.6. The molecule has 134 valence electrons. The van der Waals surface area contributed by atoms with Gasteiger partial charge in [-0.25, -0.2) is 0 Å². The molecule has 0 radical (unpaired) electrons. The first-order chi connectivity index (χ1) is 9.58. The standard InChI is InChI=1S/C15H31N3O2.2ClH/c1-4-15(5-2,10-16)13(19)18-11-14(12-20-3)6-8-17-9-7-14;;/h17H,4-12,16H2,1-3H3,(H,18,19);2*1H. The number of ether oxygens (including phenoxy) is 1. The highest BCUT2D eigenvalue weighted by Crippen LogP contribution is 2.30. The van der Waals surface area contributed by atoms with E-state index >= 15 is 0 Å².